The molecule has 9 aromatic rings. The fourth-order valence-electron chi connectivity index (χ4n) is 12.6. The van der Waals surface area contributed by atoms with Gasteiger partial charge in [0.1, 0.15) is 53.0 Å². The maximum atomic E-state index is 13.0. The Morgan fingerprint density at radius 2 is 0.730 bits per heavy atom. The summed E-state index contributed by atoms with van der Waals surface area (Å²) in [5, 5.41) is 45.7. The molecule has 3 fully saturated rings. The molecule has 3 aliphatic heterocycles. The second-order valence-corrected chi connectivity index (χ2v) is 28.7. The smallest absolute Gasteiger partial charge is 0.479 e. The van der Waals surface area contributed by atoms with Gasteiger partial charge in [-0.3, -0.25) is 38.6 Å². The summed E-state index contributed by atoms with van der Waals surface area (Å²) >= 11 is 21.9. The van der Waals surface area contributed by atoms with E-state index in [1.165, 1.54) is 70.5 Å². The number of nitrogens with one attached hydrogen (secondary N) is 1. The van der Waals surface area contributed by atoms with Crippen LogP contribution in [0.1, 0.15) is 41.5 Å². The van der Waals surface area contributed by atoms with Crippen LogP contribution in [-0.2, 0) is 95.3 Å². The number of halogens is 13. The molecule has 6 aromatic carbocycles. The second kappa shape index (κ2) is 42.4. The first-order chi connectivity index (χ1) is 59.2. The number of para-hydroxylation sites is 3. The third-order valence-electron chi connectivity index (χ3n) is 17.5. The van der Waals surface area contributed by atoms with Crippen molar-refractivity contribution >= 4 is 172 Å². The Kier molecular flexibility index (Phi) is 32.9. The lowest BCUT2D eigenvalue weighted by atomic mass is 9.95. The zero-order valence-corrected chi connectivity index (χ0v) is 69.9. The molecule has 12 rings (SSSR count). The van der Waals surface area contributed by atoms with Crippen molar-refractivity contribution in [3.05, 3.63) is 179 Å². The SMILES string of the molecule is COC(=O)[C@H]1O[C@@H](N(c2ccc(OC(F)(F)F)cc2)c2ccc3cccc(Cl)c3n2)[C@H](OC(C)=O)[C@@H](OC(C)=O)[C@@H]1OC(C)=O.COC(=O)[C@H]1O[C@H](Br)[C@H](OC(C)=O)[C@@H](OC(C)=O)[C@@H]1OC(C)=O.FC(F)(F)Oc1ccc(Nc2ccc3cccc(Cl)c3n2)cc1.O=C(O)[C@H]1O[C@@H](N(c2ccc(OC(F)(F)F)cc2)c2ccc3cccc(Cl)c3n2)[C@H](O)[C@@H](O)[C@@H]1O. The van der Waals surface area contributed by atoms with E-state index in [-0.39, 0.29) is 38.8 Å². The summed E-state index contributed by atoms with van der Waals surface area (Å²) in [6.45, 7) is 6.51. The molecule has 0 spiro atoms. The lowest BCUT2D eigenvalue weighted by molar-refractivity contribution is -0.275. The fourth-order valence-corrected chi connectivity index (χ4v) is 13.9. The number of aliphatic hydroxyl groups is 3. The Morgan fingerprint density at radius 1 is 0.397 bits per heavy atom. The van der Waals surface area contributed by atoms with Crippen LogP contribution in [0.3, 0.4) is 0 Å². The number of carboxylic acids is 1. The first-order valence-corrected chi connectivity index (χ1v) is 38.4. The number of fused-ring (bicyclic) bond motifs is 3. The molecule has 0 amide bonds. The molecule has 33 nitrogen and oxygen atoms in total. The summed E-state index contributed by atoms with van der Waals surface area (Å²) in [7, 11) is 2.16. The molecule has 674 valence electrons. The Hall–Kier alpha value is -11.9. The largest absolute Gasteiger partial charge is 0.573 e. The normalized spacial score (nSPS) is 22.1. The molecule has 0 saturated carbocycles. The molecule has 46 heteroatoms. The zero-order valence-electron chi connectivity index (χ0n) is 66.1. The second-order valence-electron chi connectivity index (χ2n) is 26.6. The number of aliphatic hydroxyl groups excluding tert-OH is 3. The lowest BCUT2D eigenvalue weighted by Crippen LogP contribution is -2.66. The number of alkyl halides is 10. The van der Waals surface area contributed by atoms with Crippen LogP contribution in [-0.4, -0.2) is 213 Å². The van der Waals surface area contributed by atoms with Crippen LogP contribution in [0, 0.1) is 0 Å². The van der Waals surface area contributed by atoms with E-state index in [0.29, 0.717) is 43.9 Å². The number of ether oxygens (including phenoxy) is 14. The van der Waals surface area contributed by atoms with Crippen molar-refractivity contribution < 1.29 is 169 Å². The highest BCUT2D eigenvalue weighted by atomic mass is 79.9. The number of methoxy groups -OCH3 is 2. The van der Waals surface area contributed by atoms with Gasteiger partial charge in [0, 0.05) is 74.8 Å². The van der Waals surface area contributed by atoms with E-state index in [9.17, 15) is 103 Å². The highest BCUT2D eigenvalue weighted by Crippen LogP contribution is 2.42. The van der Waals surface area contributed by atoms with Crippen molar-refractivity contribution in [3.8, 4) is 17.2 Å². The third-order valence-corrected chi connectivity index (χ3v) is 19.2. The topological polar surface area (TPSA) is 421 Å². The summed E-state index contributed by atoms with van der Waals surface area (Å²) in [4.78, 5) is 123. The van der Waals surface area contributed by atoms with Gasteiger partial charge in [-0.15, -0.1) is 39.5 Å². The molecule has 0 unspecified atom stereocenters. The summed E-state index contributed by atoms with van der Waals surface area (Å²) in [5.41, 5.74) is 2.10. The Labute approximate surface area is 729 Å². The molecular weight excluding hydrogens is 1830 g/mol. The fraction of sp³-hybridized carbons (Fsp3) is 0.325. The lowest BCUT2D eigenvalue weighted by Gasteiger charge is -2.47. The van der Waals surface area contributed by atoms with Gasteiger partial charge in [0.05, 0.1) is 45.8 Å². The molecule has 0 aliphatic carbocycles. The Morgan fingerprint density at radius 3 is 1.11 bits per heavy atom. The number of benzene rings is 6. The van der Waals surface area contributed by atoms with Gasteiger partial charge in [0.25, 0.3) is 0 Å². The van der Waals surface area contributed by atoms with Crippen LogP contribution >= 0.6 is 50.7 Å². The van der Waals surface area contributed by atoms with Crippen LogP contribution in [0.2, 0.25) is 15.1 Å². The number of carboxylic acid groups (broad SMARTS) is 1. The van der Waals surface area contributed by atoms with Gasteiger partial charge in [-0.1, -0.05) is 87.1 Å². The number of nitrogens with zero attached hydrogens (tertiary/aromatic N) is 5. The summed E-state index contributed by atoms with van der Waals surface area (Å²) < 4.78 is 182. The average Bonchev–Trinajstić information content (AvgIpc) is 0.755. The van der Waals surface area contributed by atoms with Crippen molar-refractivity contribution in [1.82, 2.24) is 15.0 Å². The van der Waals surface area contributed by atoms with Gasteiger partial charge in [-0.2, -0.15) is 0 Å². The predicted octanol–water partition coefficient (Wildman–Crippen LogP) is 13.0. The molecule has 5 N–H and O–H groups in total. The molecule has 0 radical (unpaired) electrons. The zero-order chi connectivity index (χ0) is 92.7. The van der Waals surface area contributed by atoms with Crippen molar-refractivity contribution in [2.75, 3.05) is 29.3 Å². The van der Waals surface area contributed by atoms with Crippen LogP contribution in [0.5, 0.6) is 17.2 Å². The predicted molar refractivity (Wildman–Crippen MR) is 425 cm³/mol. The summed E-state index contributed by atoms with van der Waals surface area (Å²) in [6.07, 6.45) is -37.2. The standard InChI is InChI=1S/C29H26ClF3N2O10.C22H18ClF3N2O7.C16H10ClF3N2O.C13H17BrO9/c1-14(36)41-23-24(42-15(2)37)26(28(39)40-4)44-27(25(23)43-16(3)38)35(18-9-11-19(12-10-18)45-29(31,32)33)21-13-8-17-6-5-7-20(30)22(17)34-21;23-13-3-1-2-10-4-9-14(27-15(10)13)28(11-5-7-12(8-6-11)35-22(24,25)26)20-18(31)16(29)17(30)19(34-20)21(32)33;17-13-3-1-2-10-4-9-14(22-15(10)13)21-11-5-7-12(8-6-11)23-16(18,19)20;1-5(15)20-8-9(21-6(2)16)11(13(18)19-4)23-12(14)10(8)22-7(3)17/h5-13,23-27H,1-4H3;1-9,16-20,29-31H,(H,32,33);1-9H,(H,21,22);8-12H,1-4H3/t23-,24-,25+,26-,27+;16-,17-,18+,19-,20+;;8-,9-,10+,11-,12-/m00.0/s1. The maximum absolute atomic E-state index is 13.0. The van der Waals surface area contributed by atoms with E-state index < -0.39 is 175 Å². The van der Waals surface area contributed by atoms with Gasteiger partial charge in [0.2, 0.25) is 0 Å². The molecule has 3 aliphatic rings. The number of aromatic nitrogens is 3. The van der Waals surface area contributed by atoms with Crippen molar-refractivity contribution in [2.24, 2.45) is 0 Å². The van der Waals surface area contributed by atoms with Crippen LogP contribution < -0.4 is 29.3 Å². The molecule has 3 saturated heterocycles. The Bertz CT molecular complexity index is 5410. The highest BCUT2D eigenvalue weighted by molar-refractivity contribution is 9.09. The first-order valence-electron chi connectivity index (χ1n) is 36.4. The Balaban J connectivity index is 0.000000198. The van der Waals surface area contributed by atoms with Crippen LogP contribution in [0.4, 0.5) is 74.0 Å². The number of hydrogen-bond donors (Lipinski definition) is 5. The molecule has 0 bridgehead atoms. The number of esters is 8. The minimum atomic E-state index is -4.97. The molecule has 6 heterocycles. The molecular formula is C80H71BrCl3F9N6O27. The van der Waals surface area contributed by atoms with Crippen LogP contribution in [0.15, 0.2) is 164 Å². The third kappa shape index (κ3) is 26.1. The van der Waals surface area contributed by atoms with E-state index >= 15 is 0 Å². The highest BCUT2D eigenvalue weighted by Gasteiger charge is 2.58. The summed E-state index contributed by atoms with van der Waals surface area (Å²) in [5.74, 6) is -8.98. The van der Waals surface area contributed by atoms with E-state index in [1.54, 1.807) is 60.7 Å². The van der Waals surface area contributed by atoms with E-state index in [2.05, 4.69) is 55.1 Å². The summed E-state index contributed by atoms with van der Waals surface area (Å²) in [6, 6.07) is 39.6. The van der Waals surface area contributed by atoms with Gasteiger partial charge >= 0.3 is 72.8 Å². The molecule has 3 aromatic heterocycles. The first kappa shape index (κ1) is 97.9. The van der Waals surface area contributed by atoms with Crippen molar-refractivity contribution in [2.45, 2.75) is 151 Å². The number of pyridine rings is 3. The minimum absolute atomic E-state index is 0.0540. The van der Waals surface area contributed by atoms with E-state index in [1.807, 2.05) is 18.2 Å². The van der Waals surface area contributed by atoms with E-state index in [0.717, 1.165) is 85.4 Å². The quantitative estimate of drug-likeness (QED) is 0.0205. The van der Waals surface area contributed by atoms with Gasteiger partial charge in [0.15, 0.2) is 72.4 Å². The molecule has 15 atom stereocenters. The van der Waals surface area contributed by atoms with Crippen LogP contribution in [0.25, 0.3) is 32.7 Å². The van der Waals surface area contributed by atoms with Gasteiger partial charge in [-0.05, 0) is 127 Å². The van der Waals surface area contributed by atoms with Crippen molar-refractivity contribution in [1.29, 1.82) is 0 Å². The van der Waals surface area contributed by atoms with Gasteiger partial charge < -0.3 is 92.1 Å². The average molecular weight is 1910 g/mol. The number of rotatable bonds is 20. The number of carbonyl (C=O) groups is 9. The number of anilines is 6. The maximum Gasteiger partial charge on any atom is 0.573 e. The number of hydrogen-bond acceptors (Lipinski definition) is 32. The molecule has 126 heavy (non-hydrogen) atoms. The number of aliphatic carboxylic acids is 1. The minimum Gasteiger partial charge on any atom is -0.479 e. The number of carbonyl (C=O) groups excluding carboxylic acids is 8. The monoisotopic (exact) mass is 1900 g/mol. The van der Waals surface area contributed by atoms with Gasteiger partial charge in [-0.25, -0.2) is 29.3 Å². The van der Waals surface area contributed by atoms with E-state index in [4.69, 9.17) is 82.2 Å². The van der Waals surface area contributed by atoms with Crippen molar-refractivity contribution in [3.63, 3.8) is 0 Å².